The molecular formula is C13H18N2O5. The molecule has 1 aromatic carbocycles. The molecule has 0 aliphatic carbocycles. The van der Waals surface area contributed by atoms with Crippen molar-refractivity contribution in [3.8, 4) is 5.75 Å². The van der Waals surface area contributed by atoms with Crippen molar-refractivity contribution in [2.75, 3.05) is 13.7 Å². The molecule has 2 N–H and O–H groups in total. The molecule has 7 heteroatoms. The molecule has 1 amide bonds. The zero-order chi connectivity index (χ0) is 15.3. The summed E-state index contributed by atoms with van der Waals surface area (Å²) in [5.41, 5.74) is -1.12. The number of rotatable bonds is 6. The predicted molar refractivity (Wildman–Crippen MR) is 72.9 cm³/mol. The van der Waals surface area contributed by atoms with E-state index in [0.717, 1.165) is 0 Å². The van der Waals surface area contributed by atoms with E-state index in [4.69, 9.17) is 9.84 Å². The van der Waals surface area contributed by atoms with E-state index in [9.17, 15) is 14.9 Å². The zero-order valence-corrected chi connectivity index (χ0v) is 11.7. The maximum absolute atomic E-state index is 12.3. The Bertz CT molecular complexity index is 513. The van der Waals surface area contributed by atoms with Crippen molar-refractivity contribution in [1.29, 1.82) is 0 Å². The summed E-state index contributed by atoms with van der Waals surface area (Å²) in [7, 11) is 1.34. The number of hydrogen-bond donors (Lipinski definition) is 2. The number of benzene rings is 1. The summed E-state index contributed by atoms with van der Waals surface area (Å²) in [6.07, 6.45) is 0.335. The number of ether oxygens (including phenoxy) is 1. The maximum atomic E-state index is 12.3. The predicted octanol–water partition coefficient (Wildman–Crippen LogP) is 1.49. The number of carbonyl (C=O) groups is 1. The van der Waals surface area contributed by atoms with Gasteiger partial charge in [-0.25, -0.2) is 0 Å². The van der Waals surface area contributed by atoms with E-state index in [1.807, 2.05) is 0 Å². The van der Waals surface area contributed by atoms with Gasteiger partial charge >= 0.3 is 0 Å². The summed E-state index contributed by atoms with van der Waals surface area (Å²) in [4.78, 5) is 22.7. The van der Waals surface area contributed by atoms with E-state index in [1.54, 1.807) is 13.8 Å². The first-order chi connectivity index (χ1) is 9.32. The lowest BCUT2D eigenvalue weighted by Gasteiger charge is -2.25. The highest BCUT2D eigenvalue weighted by Gasteiger charge is 2.28. The van der Waals surface area contributed by atoms with Crippen LogP contribution in [0.2, 0.25) is 0 Å². The minimum absolute atomic E-state index is 0.0959. The third-order valence-electron chi connectivity index (χ3n) is 2.84. The van der Waals surface area contributed by atoms with Crippen LogP contribution in [0.1, 0.15) is 30.6 Å². The van der Waals surface area contributed by atoms with Crippen LogP contribution < -0.4 is 10.1 Å². The van der Waals surface area contributed by atoms with Crippen LogP contribution in [0.25, 0.3) is 0 Å². The van der Waals surface area contributed by atoms with Crippen LogP contribution in [0.5, 0.6) is 5.75 Å². The highest BCUT2D eigenvalue weighted by molar-refractivity contribution is 6.01. The van der Waals surface area contributed by atoms with E-state index in [2.05, 4.69) is 5.32 Å². The molecule has 20 heavy (non-hydrogen) atoms. The number of hydrogen-bond acceptors (Lipinski definition) is 5. The Morgan fingerprint density at radius 3 is 2.65 bits per heavy atom. The number of aliphatic hydroxyl groups excluding tert-OH is 1. The number of nitrogens with zero attached hydrogens (tertiary/aromatic N) is 1. The van der Waals surface area contributed by atoms with Gasteiger partial charge in [-0.2, -0.15) is 0 Å². The lowest BCUT2D eigenvalue weighted by molar-refractivity contribution is -0.385. The van der Waals surface area contributed by atoms with Crippen LogP contribution in [-0.2, 0) is 0 Å². The third kappa shape index (κ3) is 3.67. The summed E-state index contributed by atoms with van der Waals surface area (Å²) in [5.74, 6) is -0.468. The van der Waals surface area contributed by atoms with E-state index >= 15 is 0 Å². The van der Waals surface area contributed by atoms with Gasteiger partial charge < -0.3 is 15.2 Å². The summed E-state index contributed by atoms with van der Waals surface area (Å²) in [5, 5.41) is 22.6. The molecule has 0 spiro atoms. The van der Waals surface area contributed by atoms with Gasteiger partial charge in [0.2, 0.25) is 0 Å². The lowest BCUT2D eigenvalue weighted by Crippen LogP contribution is -2.44. The second-order valence-electron chi connectivity index (χ2n) is 4.92. The van der Waals surface area contributed by atoms with Crippen LogP contribution in [0.4, 0.5) is 5.69 Å². The average Bonchev–Trinajstić information content (AvgIpc) is 2.36. The second kappa shape index (κ2) is 6.33. The van der Waals surface area contributed by atoms with Crippen LogP contribution in [-0.4, -0.2) is 35.2 Å². The van der Waals surface area contributed by atoms with Crippen molar-refractivity contribution in [3.63, 3.8) is 0 Å². The molecule has 0 unspecified atom stereocenters. The van der Waals surface area contributed by atoms with E-state index in [-0.39, 0.29) is 23.6 Å². The van der Waals surface area contributed by atoms with Crippen molar-refractivity contribution < 1.29 is 19.6 Å². The van der Waals surface area contributed by atoms with Crippen LogP contribution in [0.3, 0.4) is 0 Å². The number of nitro groups is 1. The topological polar surface area (TPSA) is 102 Å². The van der Waals surface area contributed by atoms with Gasteiger partial charge in [0.15, 0.2) is 5.56 Å². The first-order valence-electron chi connectivity index (χ1n) is 6.07. The van der Waals surface area contributed by atoms with Crippen LogP contribution >= 0.6 is 0 Å². The van der Waals surface area contributed by atoms with Gasteiger partial charge in [-0.15, -0.1) is 0 Å². The number of aliphatic hydroxyl groups is 1. The fraction of sp³-hybridized carbons (Fsp3) is 0.462. The number of carbonyl (C=O) groups excluding carboxylic acids is 1. The number of amides is 1. The van der Waals surface area contributed by atoms with Gasteiger partial charge in [0, 0.05) is 18.2 Å². The quantitative estimate of drug-likeness (QED) is 0.608. The first kappa shape index (κ1) is 15.9. The fourth-order valence-corrected chi connectivity index (χ4v) is 1.78. The van der Waals surface area contributed by atoms with Crippen molar-refractivity contribution >= 4 is 11.6 Å². The Balaban J connectivity index is 3.17. The molecule has 0 heterocycles. The van der Waals surface area contributed by atoms with Gasteiger partial charge in [-0.3, -0.25) is 14.9 Å². The number of methoxy groups -OCH3 is 1. The summed E-state index contributed by atoms with van der Waals surface area (Å²) >= 11 is 0. The molecular weight excluding hydrogens is 264 g/mol. The molecule has 0 aliphatic rings. The molecule has 0 aromatic heterocycles. The molecule has 0 saturated heterocycles. The molecule has 0 atom stereocenters. The summed E-state index contributed by atoms with van der Waals surface area (Å²) in [6, 6.07) is 4.18. The van der Waals surface area contributed by atoms with Crippen molar-refractivity contribution in [3.05, 3.63) is 33.9 Å². The molecule has 7 nitrogen and oxygen atoms in total. The standard InChI is InChI=1S/C13H18N2O5/c1-13(2,7-8-16)14-12(17)11-9(15(18)19)5-4-6-10(11)20-3/h4-6,16H,7-8H2,1-3H3,(H,14,17). The van der Waals surface area contributed by atoms with Crippen LogP contribution in [0, 0.1) is 10.1 Å². The molecule has 0 aliphatic heterocycles. The average molecular weight is 282 g/mol. The Hall–Kier alpha value is -2.15. The molecule has 1 aromatic rings. The van der Waals surface area contributed by atoms with E-state index in [1.165, 1.54) is 25.3 Å². The normalized spacial score (nSPS) is 11.0. The first-order valence-corrected chi connectivity index (χ1v) is 6.07. The van der Waals surface area contributed by atoms with Gasteiger partial charge in [0.05, 0.1) is 12.0 Å². The molecule has 110 valence electrons. The number of nitrogens with one attached hydrogen (secondary N) is 1. The Morgan fingerprint density at radius 2 is 2.15 bits per heavy atom. The second-order valence-corrected chi connectivity index (χ2v) is 4.92. The van der Waals surface area contributed by atoms with Gasteiger partial charge in [-0.05, 0) is 26.3 Å². The lowest BCUT2D eigenvalue weighted by atomic mass is 10.00. The largest absolute Gasteiger partial charge is 0.496 e. The minimum Gasteiger partial charge on any atom is -0.496 e. The third-order valence-corrected chi connectivity index (χ3v) is 2.84. The zero-order valence-electron chi connectivity index (χ0n) is 11.7. The van der Waals surface area contributed by atoms with E-state index in [0.29, 0.717) is 6.42 Å². The molecule has 0 radical (unpaired) electrons. The summed E-state index contributed by atoms with van der Waals surface area (Å²) < 4.78 is 5.02. The van der Waals surface area contributed by atoms with Gasteiger partial charge in [0.1, 0.15) is 5.75 Å². The Labute approximate surface area is 116 Å². The van der Waals surface area contributed by atoms with Crippen molar-refractivity contribution in [2.24, 2.45) is 0 Å². The SMILES string of the molecule is COc1cccc([N+](=O)[O-])c1C(=O)NC(C)(C)CCO. The maximum Gasteiger partial charge on any atom is 0.285 e. The van der Waals surface area contributed by atoms with Crippen molar-refractivity contribution in [2.45, 2.75) is 25.8 Å². The molecule has 0 fully saturated rings. The highest BCUT2D eigenvalue weighted by Crippen LogP contribution is 2.28. The van der Waals surface area contributed by atoms with Gasteiger partial charge in [0.25, 0.3) is 11.6 Å². The highest BCUT2D eigenvalue weighted by atomic mass is 16.6. The monoisotopic (exact) mass is 282 g/mol. The summed E-state index contributed by atoms with van der Waals surface area (Å²) in [6.45, 7) is 3.35. The van der Waals surface area contributed by atoms with Gasteiger partial charge in [-0.1, -0.05) is 6.07 Å². The minimum atomic E-state index is -0.680. The van der Waals surface area contributed by atoms with Crippen molar-refractivity contribution in [1.82, 2.24) is 5.32 Å². The molecule has 1 rings (SSSR count). The molecule has 0 saturated carbocycles. The fourth-order valence-electron chi connectivity index (χ4n) is 1.78. The smallest absolute Gasteiger partial charge is 0.285 e. The Morgan fingerprint density at radius 1 is 1.50 bits per heavy atom. The Kier molecular flexibility index (Phi) is 5.04. The molecule has 0 bridgehead atoms. The number of nitro benzene ring substituents is 1. The van der Waals surface area contributed by atoms with E-state index < -0.39 is 16.4 Å². The van der Waals surface area contributed by atoms with Crippen LogP contribution in [0.15, 0.2) is 18.2 Å².